The Kier molecular flexibility index (Phi) is 2.55. The summed E-state index contributed by atoms with van der Waals surface area (Å²) < 4.78 is 11.7. The van der Waals surface area contributed by atoms with E-state index >= 15 is 0 Å². The lowest BCUT2D eigenvalue weighted by molar-refractivity contribution is 0.135. The second-order valence-corrected chi connectivity index (χ2v) is 5.14. The van der Waals surface area contributed by atoms with Crippen molar-refractivity contribution in [1.29, 1.82) is 0 Å². The summed E-state index contributed by atoms with van der Waals surface area (Å²) in [4.78, 5) is 7.85. The quantitative estimate of drug-likeness (QED) is 0.895. The first-order chi connectivity index (χ1) is 9.03. The molecule has 0 spiro atoms. The van der Waals surface area contributed by atoms with E-state index in [-0.39, 0.29) is 11.5 Å². The van der Waals surface area contributed by atoms with E-state index in [0.29, 0.717) is 11.6 Å². The van der Waals surface area contributed by atoms with Gasteiger partial charge in [-0.25, -0.2) is 4.98 Å². The molecule has 1 aliphatic heterocycles. The van der Waals surface area contributed by atoms with Crippen LogP contribution in [0.2, 0.25) is 0 Å². The average molecular weight is 257 g/mol. The summed E-state index contributed by atoms with van der Waals surface area (Å²) in [6.07, 6.45) is 2.43. The Bertz CT molecular complexity index is 626. The van der Waals surface area contributed by atoms with E-state index in [9.17, 15) is 0 Å². The molecular formula is C14H15N3O2. The predicted molar refractivity (Wildman–Crippen MR) is 71.4 cm³/mol. The van der Waals surface area contributed by atoms with Gasteiger partial charge < -0.3 is 15.2 Å². The fraction of sp³-hybridized carbons (Fsp3) is 0.286. The van der Waals surface area contributed by atoms with Gasteiger partial charge in [-0.2, -0.15) is 4.98 Å². The van der Waals surface area contributed by atoms with E-state index in [1.165, 1.54) is 0 Å². The number of fused-ring (bicyclic) bond motifs is 1. The van der Waals surface area contributed by atoms with Gasteiger partial charge in [0.2, 0.25) is 11.8 Å². The van der Waals surface area contributed by atoms with Gasteiger partial charge in [-0.05, 0) is 19.9 Å². The molecule has 0 radical (unpaired) electrons. The maximum atomic E-state index is 5.93. The summed E-state index contributed by atoms with van der Waals surface area (Å²) in [6.45, 7) is 4.11. The molecule has 0 unspecified atom stereocenters. The van der Waals surface area contributed by atoms with Crippen molar-refractivity contribution in [3.8, 4) is 17.4 Å². The fourth-order valence-electron chi connectivity index (χ4n) is 2.19. The van der Waals surface area contributed by atoms with Crippen LogP contribution in [-0.4, -0.2) is 15.6 Å². The number of aromatic nitrogens is 2. The number of anilines is 1. The lowest BCUT2D eigenvalue weighted by atomic mass is 10.0. The van der Waals surface area contributed by atoms with Gasteiger partial charge >= 0.3 is 0 Å². The van der Waals surface area contributed by atoms with Gasteiger partial charge in [0.05, 0.1) is 0 Å². The Morgan fingerprint density at radius 3 is 2.95 bits per heavy atom. The maximum absolute atomic E-state index is 5.93. The Hall–Kier alpha value is -2.30. The van der Waals surface area contributed by atoms with Gasteiger partial charge in [0.1, 0.15) is 5.60 Å². The van der Waals surface area contributed by atoms with E-state index in [1.54, 1.807) is 12.3 Å². The van der Waals surface area contributed by atoms with Crippen LogP contribution in [0.1, 0.15) is 19.4 Å². The van der Waals surface area contributed by atoms with Crippen molar-refractivity contribution < 1.29 is 9.47 Å². The van der Waals surface area contributed by atoms with E-state index < -0.39 is 0 Å². The number of para-hydroxylation sites is 1. The minimum atomic E-state index is -0.202. The molecule has 0 atom stereocenters. The van der Waals surface area contributed by atoms with Crippen molar-refractivity contribution in [3.63, 3.8) is 0 Å². The summed E-state index contributed by atoms with van der Waals surface area (Å²) in [5.41, 5.74) is 6.48. The molecule has 0 aliphatic carbocycles. The SMILES string of the molecule is CC1(C)Cc2cccc(Oc3ccnc(N)n3)c2O1. The molecule has 1 aliphatic rings. The van der Waals surface area contributed by atoms with Crippen LogP contribution >= 0.6 is 0 Å². The Morgan fingerprint density at radius 1 is 1.32 bits per heavy atom. The first-order valence-corrected chi connectivity index (χ1v) is 6.11. The van der Waals surface area contributed by atoms with E-state index in [4.69, 9.17) is 15.2 Å². The van der Waals surface area contributed by atoms with Gasteiger partial charge in [0.15, 0.2) is 11.5 Å². The lowest BCUT2D eigenvalue weighted by Gasteiger charge is -2.18. The van der Waals surface area contributed by atoms with Gasteiger partial charge in [0.25, 0.3) is 0 Å². The highest BCUT2D eigenvalue weighted by atomic mass is 16.5. The van der Waals surface area contributed by atoms with Gasteiger partial charge in [-0.3, -0.25) is 0 Å². The molecule has 0 saturated heterocycles. The second-order valence-electron chi connectivity index (χ2n) is 5.14. The fourth-order valence-corrected chi connectivity index (χ4v) is 2.19. The molecule has 98 valence electrons. The van der Waals surface area contributed by atoms with Crippen molar-refractivity contribution in [3.05, 3.63) is 36.0 Å². The molecule has 2 heterocycles. The largest absolute Gasteiger partial charge is 0.483 e. The number of ether oxygens (including phenoxy) is 2. The second kappa shape index (κ2) is 4.12. The predicted octanol–water partition coefficient (Wildman–Crippen LogP) is 2.56. The summed E-state index contributed by atoms with van der Waals surface area (Å²) >= 11 is 0. The standard InChI is InChI=1S/C14H15N3O2/c1-14(2)8-9-4-3-5-10(12(9)19-14)18-11-6-7-16-13(15)17-11/h3-7H,8H2,1-2H3,(H2,15,16,17). The highest BCUT2D eigenvalue weighted by Crippen LogP contribution is 2.42. The van der Waals surface area contributed by atoms with Crippen LogP contribution < -0.4 is 15.2 Å². The zero-order chi connectivity index (χ0) is 13.5. The van der Waals surface area contributed by atoms with Crippen LogP contribution in [0.25, 0.3) is 0 Å². The lowest BCUT2D eigenvalue weighted by Crippen LogP contribution is -2.24. The third-order valence-corrected chi connectivity index (χ3v) is 2.92. The normalized spacial score (nSPS) is 15.7. The summed E-state index contributed by atoms with van der Waals surface area (Å²) in [5.74, 6) is 2.03. The van der Waals surface area contributed by atoms with Gasteiger partial charge in [-0.1, -0.05) is 12.1 Å². The maximum Gasteiger partial charge on any atom is 0.224 e. The van der Waals surface area contributed by atoms with Crippen LogP contribution in [0.5, 0.6) is 17.4 Å². The van der Waals surface area contributed by atoms with Crippen LogP contribution in [0.4, 0.5) is 5.95 Å². The average Bonchev–Trinajstić information content (AvgIpc) is 2.64. The molecule has 1 aromatic heterocycles. The smallest absolute Gasteiger partial charge is 0.224 e. The highest BCUT2D eigenvalue weighted by molar-refractivity contribution is 5.51. The monoisotopic (exact) mass is 257 g/mol. The molecule has 5 heteroatoms. The Morgan fingerprint density at radius 2 is 2.16 bits per heavy atom. The van der Waals surface area contributed by atoms with Crippen LogP contribution in [0.3, 0.4) is 0 Å². The highest BCUT2D eigenvalue weighted by Gasteiger charge is 2.32. The summed E-state index contributed by atoms with van der Waals surface area (Å²) in [6, 6.07) is 7.52. The van der Waals surface area contributed by atoms with Crippen LogP contribution in [0.15, 0.2) is 30.5 Å². The van der Waals surface area contributed by atoms with Crippen LogP contribution in [0, 0.1) is 0 Å². The van der Waals surface area contributed by atoms with Crippen LogP contribution in [-0.2, 0) is 6.42 Å². The summed E-state index contributed by atoms with van der Waals surface area (Å²) in [7, 11) is 0. The van der Waals surface area contributed by atoms with Crippen molar-refractivity contribution in [2.75, 3.05) is 5.73 Å². The number of rotatable bonds is 2. The third-order valence-electron chi connectivity index (χ3n) is 2.92. The molecule has 0 saturated carbocycles. The molecule has 5 nitrogen and oxygen atoms in total. The zero-order valence-corrected chi connectivity index (χ0v) is 10.9. The zero-order valence-electron chi connectivity index (χ0n) is 10.9. The molecule has 0 bridgehead atoms. The molecule has 2 aromatic rings. The first kappa shape index (κ1) is 11.8. The number of hydrogen-bond donors (Lipinski definition) is 1. The number of hydrogen-bond acceptors (Lipinski definition) is 5. The number of benzene rings is 1. The van der Waals surface area contributed by atoms with Gasteiger partial charge in [0, 0.05) is 24.2 Å². The number of nitrogens with zero attached hydrogens (tertiary/aromatic N) is 2. The Balaban J connectivity index is 1.94. The van der Waals surface area contributed by atoms with E-state index in [0.717, 1.165) is 17.7 Å². The molecular weight excluding hydrogens is 242 g/mol. The molecule has 1 aromatic carbocycles. The third kappa shape index (κ3) is 2.31. The molecule has 3 rings (SSSR count). The molecule has 19 heavy (non-hydrogen) atoms. The van der Waals surface area contributed by atoms with E-state index in [1.807, 2.05) is 18.2 Å². The van der Waals surface area contributed by atoms with Crippen molar-refractivity contribution >= 4 is 5.95 Å². The summed E-state index contributed by atoms with van der Waals surface area (Å²) in [5, 5.41) is 0. The minimum Gasteiger partial charge on any atom is -0.483 e. The number of nitrogen functional groups attached to an aromatic ring is 1. The van der Waals surface area contributed by atoms with Crippen molar-refractivity contribution in [1.82, 2.24) is 9.97 Å². The molecule has 0 fully saturated rings. The van der Waals surface area contributed by atoms with Crippen molar-refractivity contribution in [2.24, 2.45) is 0 Å². The van der Waals surface area contributed by atoms with E-state index in [2.05, 4.69) is 23.8 Å². The molecule has 0 amide bonds. The molecule has 2 N–H and O–H groups in total. The topological polar surface area (TPSA) is 70.3 Å². The first-order valence-electron chi connectivity index (χ1n) is 6.11. The number of nitrogens with two attached hydrogens (primary N) is 1. The Labute approximate surface area is 111 Å². The van der Waals surface area contributed by atoms with Gasteiger partial charge in [-0.15, -0.1) is 0 Å². The van der Waals surface area contributed by atoms with Crippen molar-refractivity contribution in [2.45, 2.75) is 25.9 Å². The minimum absolute atomic E-state index is 0.186.